The van der Waals surface area contributed by atoms with Gasteiger partial charge in [0.15, 0.2) is 5.96 Å². The summed E-state index contributed by atoms with van der Waals surface area (Å²) in [4.78, 5) is 16.6. The molecule has 2 rings (SSSR count). The van der Waals surface area contributed by atoms with Crippen molar-refractivity contribution in [1.29, 1.82) is 0 Å². The van der Waals surface area contributed by atoms with Crippen molar-refractivity contribution in [1.82, 2.24) is 16.0 Å². The molecule has 0 spiro atoms. The van der Waals surface area contributed by atoms with Gasteiger partial charge in [-0.15, -0.1) is 24.0 Å². The number of ether oxygens (including phenoxy) is 2. The molecule has 158 valence electrons. The highest BCUT2D eigenvalue weighted by molar-refractivity contribution is 14.0. The Kier molecular flexibility index (Phi) is 12.3. The van der Waals surface area contributed by atoms with Crippen LogP contribution < -0.4 is 25.4 Å². The molecule has 0 fully saturated rings. The molecular formula is C21H29IN4O3. The summed E-state index contributed by atoms with van der Waals surface area (Å²) >= 11 is 0. The number of nitrogens with zero attached hydrogens (tertiary/aromatic N) is 1. The van der Waals surface area contributed by atoms with Crippen LogP contribution in [0.25, 0.3) is 0 Å². The van der Waals surface area contributed by atoms with Crippen LogP contribution in [0.1, 0.15) is 17.3 Å². The van der Waals surface area contributed by atoms with E-state index in [1.807, 2.05) is 37.3 Å². The van der Waals surface area contributed by atoms with E-state index in [4.69, 9.17) is 9.47 Å². The molecule has 0 bridgehead atoms. The first-order valence-electron chi connectivity index (χ1n) is 9.35. The van der Waals surface area contributed by atoms with Crippen LogP contribution in [0.2, 0.25) is 0 Å². The van der Waals surface area contributed by atoms with Gasteiger partial charge in [-0.1, -0.05) is 24.3 Å². The fraction of sp³-hybridized carbons (Fsp3) is 0.333. The van der Waals surface area contributed by atoms with Crippen molar-refractivity contribution in [2.45, 2.75) is 6.92 Å². The highest BCUT2D eigenvalue weighted by atomic mass is 127. The zero-order valence-corrected chi connectivity index (χ0v) is 19.1. The van der Waals surface area contributed by atoms with Crippen molar-refractivity contribution in [3.63, 3.8) is 0 Å². The molecule has 0 aliphatic rings. The number of benzene rings is 2. The maximum absolute atomic E-state index is 12.2. The van der Waals surface area contributed by atoms with Gasteiger partial charge in [0.2, 0.25) is 0 Å². The lowest BCUT2D eigenvalue weighted by molar-refractivity contribution is 0.0954. The third-order valence-electron chi connectivity index (χ3n) is 3.75. The number of hydrogen-bond acceptors (Lipinski definition) is 4. The van der Waals surface area contributed by atoms with Crippen LogP contribution in [-0.4, -0.2) is 51.8 Å². The lowest BCUT2D eigenvalue weighted by Gasteiger charge is -2.12. The van der Waals surface area contributed by atoms with Gasteiger partial charge in [-0.2, -0.15) is 0 Å². The van der Waals surface area contributed by atoms with E-state index in [1.54, 1.807) is 31.4 Å². The summed E-state index contributed by atoms with van der Waals surface area (Å²) in [7, 11) is 1.58. The molecule has 2 aromatic rings. The van der Waals surface area contributed by atoms with Crippen molar-refractivity contribution >= 4 is 35.8 Å². The fourth-order valence-electron chi connectivity index (χ4n) is 2.40. The van der Waals surface area contributed by atoms with E-state index >= 15 is 0 Å². The predicted molar refractivity (Wildman–Crippen MR) is 127 cm³/mol. The van der Waals surface area contributed by atoms with Crippen molar-refractivity contribution in [2.75, 3.05) is 39.9 Å². The Balaban J connectivity index is 0.00000420. The molecule has 0 aliphatic heterocycles. The van der Waals surface area contributed by atoms with E-state index in [0.717, 1.165) is 12.3 Å². The standard InChI is InChI=1S/C21H28N4O3.HI/c1-3-22-21(25-14-15-28-18-9-5-4-6-10-18)24-13-12-23-20(26)17-8-7-11-19(16-17)27-2;/h4-11,16H,3,12-15H2,1-2H3,(H,23,26)(H2,22,24,25);1H. The lowest BCUT2D eigenvalue weighted by Crippen LogP contribution is -2.40. The summed E-state index contributed by atoms with van der Waals surface area (Å²) in [6, 6.07) is 16.7. The van der Waals surface area contributed by atoms with Crippen LogP contribution in [0.5, 0.6) is 11.5 Å². The Hall–Kier alpha value is -2.49. The number of halogens is 1. The zero-order chi connectivity index (χ0) is 20.0. The smallest absolute Gasteiger partial charge is 0.251 e. The largest absolute Gasteiger partial charge is 0.497 e. The van der Waals surface area contributed by atoms with E-state index < -0.39 is 0 Å². The van der Waals surface area contributed by atoms with Gasteiger partial charge in [0.1, 0.15) is 18.1 Å². The second-order valence-corrected chi connectivity index (χ2v) is 5.84. The van der Waals surface area contributed by atoms with E-state index in [-0.39, 0.29) is 29.9 Å². The van der Waals surface area contributed by atoms with Gasteiger partial charge in [-0.25, -0.2) is 0 Å². The van der Waals surface area contributed by atoms with Crippen molar-refractivity contribution in [3.8, 4) is 11.5 Å². The Morgan fingerprint density at radius 2 is 1.72 bits per heavy atom. The summed E-state index contributed by atoms with van der Waals surface area (Å²) in [6.45, 7) is 4.80. The van der Waals surface area contributed by atoms with E-state index in [1.165, 1.54) is 0 Å². The number of carbonyl (C=O) groups excluding carboxylic acids is 1. The molecule has 3 N–H and O–H groups in total. The SMILES string of the molecule is CCNC(=NCCNC(=O)c1cccc(OC)c1)NCCOc1ccccc1.I. The minimum atomic E-state index is -0.150. The zero-order valence-electron chi connectivity index (χ0n) is 16.8. The average molecular weight is 512 g/mol. The number of guanidine groups is 1. The van der Waals surface area contributed by atoms with Gasteiger partial charge in [-0.05, 0) is 37.3 Å². The molecule has 0 unspecified atom stereocenters. The van der Waals surface area contributed by atoms with Crippen LogP contribution in [0.15, 0.2) is 59.6 Å². The molecule has 0 atom stereocenters. The Bertz CT molecular complexity index is 757. The summed E-state index contributed by atoms with van der Waals surface area (Å²) in [5.74, 6) is 2.03. The van der Waals surface area contributed by atoms with Gasteiger partial charge in [0.05, 0.1) is 20.2 Å². The Morgan fingerprint density at radius 1 is 0.966 bits per heavy atom. The maximum Gasteiger partial charge on any atom is 0.251 e. The maximum atomic E-state index is 12.2. The van der Waals surface area contributed by atoms with Gasteiger partial charge >= 0.3 is 0 Å². The van der Waals surface area contributed by atoms with Crippen LogP contribution in [-0.2, 0) is 0 Å². The molecule has 29 heavy (non-hydrogen) atoms. The van der Waals surface area contributed by atoms with E-state index in [0.29, 0.717) is 43.5 Å². The Morgan fingerprint density at radius 3 is 2.45 bits per heavy atom. The quantitative estimate of drug-likeness (QED) is 0.197. The van der Waals surface area contributed by atoms with Crippen LogP contribution >= 0.6 is 24.0 Å². The molecule has 0 saturated heterocycles. The monoisotopic (exact) mass is 512 g/mol. The van der Waals surface area contributed by atoms with Crippen molar-refractivity contribution in [2.24, 2.45) is 4.99 Å². The molecule has 8 heteroatoms. The normalized spacial score (nSPS) is 10.5. The number of amides is 1. The van der Waals surface area contributed by atoms with Crippen molar-refractivity contribution < 1.29 is 14.3 Å². The van der Waals surface area contributed by atoms with Crippen LogP contribution in [0.3, 0.4) is 0 Å². The summed E-state index contributed by atoms with van der Waals surface area (Å²) < 4.78 is 10.8. The molecule has 0 aromatic heterocycles. The van der Waals surface area contributed by atoms with Crippen LogP contribution in [0.4, 0.5) is 0 Å². The highest BCUT2D eigenvalue weighted by Gasteiger charge is 2.05. The van der Waals surface area contributed by atoms with E-state index in [2.05, 4.69) is 20.9 Å². The third kappa shape index (κ3) is 9.51. The molecule has 0 radical (unpaired) electrons. The van der Waals surface area contributed by atoms with Crippen LogP contribution in [0, 0.1) is 0 Å². The number of carbonyl (C=O) groups is 1. The number of aliphatic imine (C=N–C) groups is 1. The Labute approximate surface area is 189 Å². The number of methoxy groups -OCH3 is 1. The third-order valence-corrected chi connectivity index (χ3v) is 3.75. The number of nitrogens with one attached hydrogen (secondary N) is 3. The fourth-order valence-corrected chi connectivity index (χ4v) is 2.40. The molecule has 2 aromatic carbocycles. The first kappa shape index (κ1) is 24.5. The average Bonchev–Trinajstić information content (AvgIpc) is 2.74. The first-order chi connectivity index (χ1) is 13.7. The molecule has 0 aliphatic carbocycles. The summed E-state index contributed by atoms with van der Waals surface area (Å²) in [5, 5.41) is 9.24. The van der Waals surface area contributed by atoms with Gasteiger partial charge in [-0.3, -0.25) is 9.79 Å². The molecule has 0 saturated carbocycles. The molecular weight excluding hydrogens is 483 g/mol. The first-order valence-corrected chi connectivity index (χ1v) is 9.35. The second-order valence-electron chi connectivity index (χ2n) is 5.84. The number of rotatable bonds is 10. The molecule has 7 nitrogen and oxygen atoms in total. The molecule has 1 amide bonds. The van der Waals surface area contributed by atoms with Gasteiger partial charge in [0.25, 0.3) is 5.91 Å². The molecule has 0 heterocycles. The topological polar surface area (TPSA) is 84.0 Å². The highest BCUT2D eigenvalue weighted by Crippen LogP contribution is 2.12. The van der Waals surface area contributed by atoms with Gasteiger partial charge < -0.3 is 25.4 Å². The minimum absolute atomic E-state index is 0. The minimum Gasteiger partial charge on any atom is -0.497 e. The lowest BCUT2D eigenvalue weighted by atomic mass is 10.2. The second kappa shape index (κ2) is 14.5. The number of para-hydroxylation sites is 1. The van der Waals surface area contributed by atoms with Crippen molar-refractivity contribution in [3.05, 3.63) is 60.2 Å². The number of hydrogen-bond donors (Lipinski definition) is 3. The predicted octanol–water partition coefficient (Wildman–Crippen LogP) is 2.68. The van der Waals surface area contributed by atoms with E-state index in [9.17, 15) is 4.79 Å². The van der Waals surface area contributed by atoms with Gasteiger partial charge in [0, 0.05) is 18.7 Å². The summed E-state index contributed by atoms with van der Waals surface area (Å²) in [5.41, 5.74) is 0.562. The summed E-state index contributed by atoms with van der Waals surface area (Å²) in [6.07, 6.45) is 0.